The van der Waals surface area contributed by atoms with Gasteiger partial charge in [0.1, 0.15) is 0 Å². The largest absolute Gasteiger partial charge is 0.389 e. The van der Waals surface area contributed by atoms with Crippen LogP contribution in [-0.4, -0.2) is 53.7 Å². The zero-order chi connectivity index (χ0) is 23.2. The fraction of sp³-hybridized carbons (Fsp3) is 0.355. The number of aliphatic hydroxyl groups excluding tert-OH is 1. The van der Waals surface area contributed by atoms with E-state index in [0.717, 1.165) is 31.6 Å². The quantitative estimate of drug-likeness (QED) is 0.398. The van der Waals surface area contributed by atoms with Crippen LogP contribution in [-0.2, 0) is 5.54 Å². The molecule has 0 radical (unpaired) electrons. The van der Waals surface area contributed by atoms with E-state index in [2.05, 4.69) is 107 Å². The molecular weight excluding hydrogens is 416 g/mol. The van der Waals surface area contributed by atoms with Gasteiger partial charge in [-0.2, -0.15) is 0 Å². The Balaban J connectivity index is 1.59. The first-order valence-electron chi connectivity index (χ1n) is 12.8. The molecule has 3 nitrogen and oxygen atoms in total. The van der Waals surface area contributed by atoms with Crippen molar-refractivity contribution >= 4 is 0 Å². The molecule has 0 aromatic heterocycles. The van der Waals surface area contributed by atoms with E-state index in [9.17, 15) is 5.11 Å². The van der Waals surface area contributed by atoms with Gasteiger partial charge in [-0.3, -0.25) is 9.80 Å². The molecular formula is C31H36N2O. The van der Waals surface area contributed by atoms with Gasteiger partial charge in [0.2, 0.25) is 0 Å². The predicted molar refractivity (Wildman–Crippen MR) is 140 cm³/mol. The van der Waals surface area contributed by atoms with Gasteiger partial charge in [0, 0.05) is 19.6 Å². The number of hydrogen-bond donors (Lipinski definition) is 1. The number of likely N-dealkylation sites (tertiary alicyclic amines) is 2. The van der Waals surface area contributed by atoms with Gasteiger partial charge < -0.3 is 5.11 Å². The third kappa shape index (κ3) is 4.61. The van der Waals surface area contributed by atoms with Crippen LogP contribution < -0.4 is 0 Å². The van der Waals surface area contributed by atoms with E-state index in [1.807, 2.05) is 0 Å². The van der Waals surface area contributed by atoms with Crippen molar-refractivity contribution in [1.29, 1.82) is 0 Å². The third-order valence-electron chi connectivity index (χ3n) is 7.58. The third-order valence-corrected chi connectivity index (χ3v) is 7.58. The number of rotatable bonds is 6. The maximum absolute atomic E-state index is 11.0. The Morgan fingerprint density at radius 3 is 1.71 bits per heavy atom. The zero-order valence-corrected chi connectivity index (χ0v) is 20.0. The van der Waals surface area contributed by atoms with Crippen LogP contribution in [0.2, 0.25) is 0 Å². The standard InChI is InChI=1S/C31H36N2O/c34-30-20-24-33(25-26(30)19-23-32-21-11-4-12-22-32)31(27-13-5-1-6-14-27,28-15-7-2-8-16-28)29-17-9-3-10-18-29/h1-3,5-10,13-19,30,34H,4,11-12,20-25H2/b26-19+. The molecule has 3 heteroatoms. The summed E-state index contributed by atoms with van der Waals surface area (Å²) in [6, 6.07) is 32.6. The first-order chi connectivity index (χ1) is 16.8. The normalized spacial score (nSPS) is 21.6. The monoisotopic (exact) mass is 452 g/mol. The maximum Gasteiger partial charge on any atom is 0.0975 e. The summed E-state index contributed by atoms with van der Waals surface area (Å²) in [5.41, 5.74) is 4.52. The van der Waals surface area contributed by atoms with E-state index in [0.29, 0.717) is 0 Å². The second-order valence-corrected chi connectivity index (χ2v) is 9.67. The Morgan fingerprint density at radius 2 is 1.21 bits per heavy atom. The van der Waals surface area contributed by atoms with E-state index in [1.54, 1.807) is 0 Å². The topological polar surface area (TPSA) is 26.7 Å². The van der Waals surface area contributed by atoms with Crippen LogP contribution in [0.3, 0.4) is 0 Å². The SMILES string of the molecule is OC1CCN(C(c2ccccc2)(c2ccccc2)c2ccccc2)C/C1=C\CN1CCCCC1. The number of nitrogens with zero attached hydrogens (tertiary/aromatic N) is 2. The summed E-state index contributed by atoms with van der Waals surface area (Å²) in [6.45, 7) is 4.88. The highest BCUT2D eigenvalue weighted by Crippen LogP contribution is 2.44. The van der Waals surface area contributed by atoms with Gasteiger partial charge in [-0.15, -0.1) is 0 Å². The van der Waals surface area contributed by atoms with E-state index in [4.69, 9.17) is 0 Å². The van der Waals surface area contributed by atoms with Gasteiger partial charge in [0.25, 0.3) is 0 Å². The van der Waals surface area contributed by atoms with Crippen molar-refractivity contribution in [2.24, 2.45) is 0 Å². The minimum atomic E-state index is -0.422. The van der Waals surface area contributed by atoms with Gasteiger partial charge in [-0.1, -0.05) is 103 Å². The van der Waals surface area contributed by atoms with Gasteiger partial charge in [0.05, 0.1) is 11.6 Å². The first-order valence-corrected chi connectivity index (χ1v) is 12.8. The second-order valence-electron chi connectivity index (χ2n) is 9.67. The Bertz CT molecular complexity index is 962. The number of piperidine rings is 2. The Morgan fingerprint density at radius 1 is 0.706 bits per heavy atom. The summed E-state index contributed by atoms with van der Waals surface area (Å²) in [7, 11) is 0. The molecule has 3 aromatic carbocycles. The van der Waals surface area contributed by atoms with E-state index >= 15 is 0 Å². The second kappa shape index (κ2) is 10.7. The van der Waals surface area contributed by atoms with E-state index in [1.165, 1.54) is 49.0 Å². The van der Waals surface area contributed by atoms with Crippen LogP contribution in [0.5, 0.6) is 0 Å². The molecule has 5 rings (SSSR count). The lowest BCUT2D eigenvalue weighted by Crippen LogP contribution is -2.53. The van der Waals surface area contributed by atoms with Crippen LogP contribution in [0.1, 0.15) is 42.4 Å². The highest BCUT2D eigenvalue weighted by atomic mass is 16.3. The lowest BCUT2D eigenvalue weighted by molar-refractivity contribution is 0.0853. The molecule has 1 N–H and O–H groups in total. The molecule has 2 aliphatic rings. The molecule has 2 saturated heterocycles. The predicted octanol–water partition coefficient (Wildman–Crippen LogP) is 5.46. The molecule has 0 amide bonds. The molecule has 2 heterocycles. The minimum absolute atomic E-state index is 0.360. The molecule has 1 atom stereocenters. The minimum Gasteiger partial charge on any atom is -0.389 e. The van der Waals surface area contributed by atoms with Crippen molar-refractivity contribution in [1.82, 2.24) is 9.80 Å². The summed E-state index contributed by atoms with van der Waals surface area (Å²) in [5, 5.41) is 11.0. The molecule has 176 valence electrons. The van der Waals surface area contributed by atoms with Crippen molar-refractivity contribution in [3.8, 4) is 0 Å². The Hall–Kier alpha value is -2.72. The van der Waals surface area contributed by atoms with Crippen molar-refractivity contribution < 1.29 is 5.11 Å². The fourth-order valence-electron chi connectivity index (χ4n) is 5.83. The van der Waals surface area contributed by atoms with E-state index in [-0.39, 0.29) is 6.10 Å². The van der Waals surface area contributed by atoms with Crippen LogP contribution in [0, 0.1) is 0 Å². The lowest BCUT2D eigenvalue weighted by Gasteiger charge is -2.48. The van der Waals surface area contributed by atoms with Crippen LogP contribution >= 0.6 is 0 Å². The smallest absolute Gasteiger partial charge is 0.0975 e. The molecule has 2 fully saturated rings. The highest BCUT2D eigenvalue weighted by molar-refractivity contribution is 5.50. The number of benzene rings is 3. The molecule has 2 aliphatic heterocycles. The van der Waals surface area contributed by atoms with Crippen molar-refractivity contribution in [2.75, 3.05) is 32.7 Å². The maximum atomic E-state index is 11.0. The van der Waals surface area contributed by atoms with Gasteiger partial charge >= 0.3 is 0 Å². The summed E-state index contributed by atoms with van der Waals surface area (Å²) in [4.78, 5) is 5.11. The van der Waals surface area contributed by atoms with Crippen LogP contribution in [0.15, 0.2) is 103 Å². The molecule has 0 saturated carbocycles. The van der Waals surface area contributed by atoms with Crippen molar-refractivity contribution in [3.63, 3.8) is 0 Å². The zero-order valence-electron chi connectivity index (χ0n) is 20.0. The Kier molecular flexibility index (Phi) is 7.24. The van der Waals surface area contributed by atoms with Crippen molar-refractivity contribution in [2.45, 2.75) is 37.3 Å². The molecule has 3 aromatic rings. The fourth-order valence-corrected chi connectivity index (χ4v) is 5.83. The number of aliphatic hydroxyl groups is 1. The average molecular weight is 453 g/mol. The van der Waals surface area contributed by atoms with E-state index < -0.39 is 5.54 Å². The van der Waals surface area contributed by atoms with Crippen molar-refractivity contribution in [3.05, 3.63) is 119 Å². The van der Waals surface area contributed by atoms with Crippen LogP contribution in [0.25, 0.3) is 0 Å². The molecule has 34 heavy (non-hydrogen) atoms. The summed E-state index contributed by atoms with van der Waals surface area (Å²) < 4.78 is 0. The molecule has 0 aliphatic carbocycles. The van der Waals surface area contributed by atoms with Gasteiger partial charge in [-0.25, -0.2) is 0 Å². The van der Waals surface area contributed by atoms with Gasteiger partial charge in [0.15, 0.2) is 0 Å². The van der Waals surface area contributed by atoms with Gasteiger partial charge in [-0.05, 0) is 54.6 Å². The first kappa shape index (κ1) is 23.0. The molecule has 0 bridgehead atoms. The molecule has 1 unspecified atom stereocenters. The summed E-state index contributed by atoms with van der Waals surface area (Å²) in [5.74, 6) is 0. The number of hydrogen-bond acceptors (Lipinski definition) is 3. The lowest BCUT2D eigenvalue weighted by atomic mass is 9.74. The average Bonchev–Trinajstić information content (AvgIpc) is 2.92. The summed E-state index contributed by atoms with van der Waals surface area (Å²) >= 11 is 0. The Labute approximate surface area is 204 Å². The van der Waals surface area contributed by atoms with Crippen LogP contribution in [0.4, 0.5) is 0 Å². The molecule has 0 spiro atoms. The highest BCUT2D eigenvalue weighted by Gasteiger charge is 2.44. The summed E-state index contributed by atoms with van der Waals surface area (Å²) in [6.07, 6.45) is 6.63.